The van der Waals surface area contributed by atoms with E-state index >= 15 is 0 Å². The van der Waals surface area contributed by atoms with Crippen molar-refractivity contribution in [3.05, 3.63) is 52.9 Å². The van der Waals surface area contributed by atoms with Gasteiger partial charge in [0, 0.05) is 17.8 Å². The first kappa shape index (κ1) is 16.1. The van der Waals surface area contributed by atoms with E-state index in [0.29, 0.717) is 0 Å². The van der Waals surface area contributed by atoms with Crippen LogP contribution in [-0.4, -0.2) is 4.98 Å². The minimum atomic E-state index is -5.25. The number of halogens is 9. The van der Waals surface area contributed by atoms with Gasteiger partial charge in [-0.3, -0.25) is 0 Å². The predicted octanol–water partition coefficient (Wildman–Crippen LogP) is 4.60. The van der Waals surface area contributed by atoms with E-state index in [9.17, 15) is 39.5 Å². The molecule has 1 aromatic heterocycles. The Morgan fingerprint density at radius 1 is 0.727 bits per heavy atom. The number of hydrogen-bond donors (Lipinski definition) is 0. The van der Waals surface area contributed by atoms with Crippen molar-refractivity contribution in [1.29, 1.82) is 0 Å². The third-order valence-corrected chi connectivity index (χ3v) is 2.66. The molecule has 0 N–H and O–H groups in total. The van der Waals surface area contributed by atoms with Crippen LogP contribution in [0, 0.1) is 35.0 Å². The summed E-state index contributed by atoms with van der Waals surface area (Å²) in [5.74, 6) is -14.0. The van der Waals surface area contributed by atoms with Gasteiger partial charge in [-0.05, 0) is 0 Å². The molecule has 1 heterocycles. The lowest BCUT2D eigenvalue weighted by molar-refractivity contribution is -0.137. The van der Waals surface area contributed by atoms with Crippen LogP contribution in [0.4, 0.5) is 39.5 Å². The van der Waals surface area contributed by atoms with Crippen LogP contribution in [0.25, 0.3) is 11.1 Å². The van der Waals surface area contributed by atoms with Gasteiger partial charge in [0.15, 0.2) is 23.3 Å². The summed E-state index contributed by atoms with van der Waals surface area (Å²) in [6, 6.07) is -0.0684. The van der Waals surface area contributed by atoms with E-state index in [4.69, 9.17) is 0 Å². The highest BCUT2D eigenvalue weighted by Gasteiger charge is 2.37. The molecule has 0 spiro atoms. The Hall–Kier alpha value is -2.26. The van der Waals surface area contributed by atoms with E-state index in [0.717, 1.165) is 0 Å². The van der Waals surface area contributed by atoms with Crippen molar-refractivity contribution in [2.75, 3.05) is 0 Å². The maximum Gasteiger partial charge on any atom is 0.418 e. The molecule has 0 aliphatic carbocycles. The van der Waals surface area contributed by atoms with Crippen LogP contribution >= 0.6 is 0 Å². The van der Waals surface area contributed by atoms with Crippen LogP contribution in [0.2, 0.25) is 0 Å². The van der Waals surface area contributed by atoms with E-state index in [2.05, 4.69) is 4.98 Å². The van der Waals surface area contributed by atoms with E-state index in [-0.39, 0.29) is 12.3 Å². The lowest BCUT2D eigenvalue weighted by Crippen LogP contribution is -2.12. The number of alkyl halides is 3. The van der Waals surface area contributed by atoms with Gasteiger partial charge in [0.05, 0.1) is 11.1 Å². The van der Waals surface area contributed by atoms with Gasteiger partial charge in [-0.15, -0.1) is 0 Å². The highest BCUT2D eigenvalue weighted by Crippen LogP contribution is 2.40. The second kappa shape index (κ2) is 5.18. The average molecular weight is 331 g/mol. The summed E-state index contributed by atoms with van der Waals surface area (Å²) in [4.78, 5) is 2.66. The minimum Gasteiger partial charge on any atom is -0.228 e. The number of benzene rings is 1. The highest BCUT2D eigenvalue weighted by atomic mass is 19.4. The van der Waals surface area contributed by atoms with Crippen LogP contribution in [0.3, 0.4) is 0 Å². The molecule has 0 saturated heterocycles. The molecule has 0 amide bonds. The van der Waals surface area contributed by atoms with Gasteiger partial charge in [-0.1, -0.05) is 0 Å². The van der Waals surface area contributed by atoms with Crippen molar-refractivity contribution in [1.82, 2.24) is 4.98 Å². The Morgan fingerprint density at radius 3 is 1.64 bits per heavy atom. The molecular formula is C12H2F9N. The number of pyridine rings is 1. The first-order chi connectivity index (χ1) is 10.1. The summed E-state index contributed by atoms with van der Waals surface area (Å²) < 4.78 is 117. The largest absolute Gasteiger partial charge is 0.418 e. The third-order valence-electron chi connectivity index (χ3n) is 2.66. The second-order valence-corrected chi connectivity index (χ2v) is 4.00. The summed E-state index contributed by atoms with van der Waals surface area (Å²) in [7, 11) is 0. The quantitative estimate of drug-likeness (QED) is 0.322. The average Bonchev–Trinajstić information content (AvgIpc) is 2.42. The monoisotopic (exact) mass is 331 g/mol. The summed E-state index contributed by atoms with van der Waals surface area (Å²) >= 11 is 0. The molecule has 2 rings (SSSR count). The molecule has 0 fully saturated rings. The summed E-state index contributed by atoms with van der Waals surface area (Å²) in [5, 5.41) is 0. The minimum absolute atomic E-state index is 0.0684. The van der Waals surface area contributed by atoms with Gasteiger partial charge in [-0.2, -0.15) is 17.6 Å². The van der Waals surface area contributed by atoms with Crippen molar-refractivity contribution in [2.45, 2.75) is 6.18 Å². The molecule has 0 unspecified atom stereocenters. The van der Waals surface area contributed by atoms with Crippen LogP contribution in [0.1, 0.15) is 5.56 Å². The van der Waals surface area contributed by atoms with E-state index < -0.39 is 57.9 Å². The van der Waals surface area contributed by atoms with Gasteiger partial charge < -0.3 is 0 Å². The topological polar surface area (TPSA) is 12.9 Å². The van der Waals surface area contributed by atoms with Crippen LogP contribution in [-0.2, 0) is 6.18 Å². The van der Waals surface area contributed by atoms with Crippen molar-refractivity contribution in [2.24, 2.45) is 0 Å². The Kier molecular flexibility index (Phi) is 3.80. The maximum atomic E-state index is 13.6. The molecule has 118 valence electrons. The Morgan fingerprint density at radius 2 is 1.18 bits per heavy atom. The molecule has 10 heteroatoms. The molecule has 0 bridgehead atoms. The van der Waals surface area contributed by atoms with Crippen LogP contribution in [0.15, 0.2) is 12.3 Å². The maximum absolute atomic E-state index is 13.6. The molecule has 0 aliphatic heterocycles. The highest BCUT2D eigenvalue weighted by molar-refractivity contribution is 5.69. The van der Waals surface area contributed by atoms with Crippen molar-refractivity contribution in [3.63, 3.8) is 0 Å². The molecule has 22 heavy (non-hydrogen) atoms. The molecule has 2 aromatic rings. The summed E-state index contributed by atoms with van der Waals surface area (Å²) in [6.07, 6.45) is -5.36. The Balaban J connectivity index is 2.92. The number of nitrogens with zero attached hydrogens (tertiary/aromatic N) is 1. The predicted molar refractivity (Wildman–Crippen MR) is 54.4 cm³/mol. The molecule has 1 nitrogen and oxygen atoms in total. The first-order valence-electron chi connectivity index (χ1n) is 5.30. The fourth-order valence-corrected chi connectivity index (χ4v) is 1.70. The molecule has 1 aromatic carbocycles. The van der Waals surface area contributed by atoms with E-state index in [1.54, 1.807) is 0 Å². The lowest BCUT2D eigenvalue weighted by Gasteiger charge is -2.14. The molecule has 0 aliphatic rings. The van der Waals surface area contributed by atoms with E-state index in [1.165, 1.54) is 0 Å². The zero-order valence-electron chi connectivity index (χ0n) is 10.0. The SMILES string of the molecule is Fc1cc(-c2c(F)c(F)c(F)c(F)c2F)c(C(F)(F)F)cn1. The molecule has 0 radical (unpaired) electrons. The third kappa shape index (κ3) is 2.48. The zero-order chi connectivity index (χ0) is 16.8. The Bertz CT molecular complexity index is 722. The van der Waals surface area contributed by atoms with Gasteiger partial charge in [0.1, 0.15) is 0 Å². The molecule has 0 atom stereocenters. The second-order valence-electron chi connectivity index (χ2n) is 4.00. The fraction of sp³-hybridized carbons (Fsp3) is 0.0833. The Labute approximate surface area is 116 Å². The number of hydrogen-bond acceptors (Lipinski definition) is 1. The first-order valence-corrected chi connectivity index (χ1v) is 5.30. The van der Waals surface area contributed by atoms with Crippen molar-refractivity contribution >= 4 is 0 Å². The molecule has 0 saturated carbocycles. The van der Waals surface area contributed by atoms with Gasteiger partial charge in [0.25, 0.3) is 0 Å². The van der Waals surface area contributed by atoms with Crippen molar-refractivity contribution < 1.29 is 39.5 Å². The fourth-order valence-electron chi connectivity index (χ4n) is 1.70. The number of rotatable bonds is 1. The summed E-state index contributed by atoms with van der Waals surface area (Å²) in [5.41, 5.74) is -5.28. The van der Waals surface area contributed by atoms with Crippen molar-refractivity contribution in [3.8, 4) is 11.1 Å². The smallest absolute Gasteiger partial charge is 0.228 e. The van der Waals surface area contributed by atoms with E-state index in [1.807, 2.05) is 0 Å². The number of aromatic nitrogens is 1. The van der Waals surface area contributed by atoms with Gasteiger partial charge in [0.2, 0.25) is 11.8 Å². The van der Waals surface area contributed by atoms with Crippen LogP contribution < -0.4 is 0 Å². The zero-order valence-corrected chi connectivity index (χ0v) is 10.0. The summed E-state index contributed by atoms with van der Waals surface area (Å²) in [6.45, 7) is 0. The standard InChI is InChI=1S/C12H2F9N/c13-5-1-3(4(2-22-5)12(19,20)21)6-7(14)9(16)11(18)10(17)8(6)15/h1-2H. The van der Waals surface area contributed by atoms with Gasteiger partial charge in [-0.25, -0.2) is 26.9 Å². The molecular weight excluding hydrogens is 329 g/mol. The lowest BCUT2D eigenvalue weighted by atomic mass is 9.99. The van der Waals surface area contributed by atoms with Gasteiger partial charge >= 0.3 is 6.18 Å². The normalized spacial score (nSPS) is 11.9. The van der Waals surface area contributed by atoms with Crippen LogP contribution in [0.5, 0.6) is 0 Å².